The van der Waals surface area contributed by atoms with Crippen molar-refractivity contribution in [2.75, 3.05) is 27.8 Å². The SMILES string of the molecule is CO[C@H]1[C@@H](O)[C@H](c2scc3c(=O)[nH]c(/N=C/N(C)C)nc23)O[C@@H]1CO. The number of rotatable bonds is 5. The summed E-state index contributed by atoms with van der Waals surface area (Å²) in [4.78, 5) is 25.7. The van der Waals surface area contributed by atoms with E-state index >= 15 is 0 Å². The molecule has 0 saturated carbocycles. The summed E-state index contributed by atoms with van der Waals surface area (Å²) >= 11 is 1.27. The maximum atomic E-state index is 12.3. The number of aromatic amines is 1. The summed E-state index contributed by atoms with van der Waals surface area (Å²) in [6.07, 6.45) is -1.47. The number of aliphatic hydroxyl groups is 2. The number of ether oxygens (including phenoxy) is 2. The van der Waals surface area contributed by atoms with Crippen LogP contribution in [-0.4, -0.2) is 77.5 Å². The van der Waals surface area contributed by atoms with Crippen LogP contribution in [0.15, 0.2) is 15.2 Å². The molecule has 0 aromatic carbocycles. The van der Waals surface area contributed by atoms with Crippen molar-refractivity contribution < 1.29 is 19.7 Å². The second kappa shape index (κ2) is 7.18. The van der Waals surface area contributed by atoms with Gasteiger partial charge in [0.1, 0.15) is 24.4 Å². The van der Waals surface area contributed by atoms with Gasteiger partial charge in [0.05, 0.1) is 28.7 Å². The van der Waals surface area contributed by atoms with Gasteiger partial charge in [-0.3, -0.25) is 9.78 Å². The highest BCUT2D eigenvalue weighted by atomic mass is 32.1. The van der Waals surface area contributed by atoms with E-state index in [0.717, 1.165) is 0 Å². The van der Waals surface area contributed by atoms with Crippen LogP contribution in [0.1, 0.15) is 11.0 Å². The van der Waals surface area contributed by atoms with Crippen LogP contribution in [0.4, 0.5) is 5.95 Å². The Bertz CT molecular complexity index is 833. The van der Waals surface area contributed by atoms with Gasteiger partial charge in [-0.15, -0.1) is 11.3 Å². The molecule has 10 heteroatoms. The van der Waals surface area contributed by atoms with E-state index in [1.807, 2.05) is 0 Å². The summed E-state index contributed by atoms with van der Waals surface area (Å²) in [5.74, 6) is 0.167. The number of methoxy groups -OCH3 is 1. The fraction of sp³-hybridized carbons (Fsp3) is 0.533. The third-order valence-corrected chi connectivity index (χ3v) is 4.97. The monoisotopic (exact) mass is 368 g/mol. The molecule has 25 heavy (non-hydrogen) atoms. The van der Waals surface area contributed by atoms with Crippen LogP contribution in [0.25, 0.3) is 10.9 Å². The second-order valence-electron chi connectivity index (χ2n) is 5.93. The molecule has 136 valence electrons. The quantitative estimate of drug-likeness (QED) is 0.502. The Labute approximate surface area is 147 Å². The maximum absolute atomic E-state index is 12.3. The van der Waals surface area contributed by atoms with Crippen LogP contribution < -0.4 is 5.56 Å². The molecule has 3 rings (SSSR count). The van der Waals surface area contributed by atoms with Gasteiger partial charge in [-0.05, 0) is 0 Å². The Hall–Kier alpha value is -1.85. The number of aliphatic imine (C=N–C) groups is 1. The Morgan fingerprint density at radius 3 is 2.92 bits per heavy atom. The summed E-state index contributed by atoms with van der Waals surface area (Å²) in [7, 11) is 5.06. The molecular formula is C15H20N4O5S. The van der Waals surface area contributed by atoms with E-state index in [1.54, 1.807) is 24.4 Å². The number of nitrogens with one attached hydrogen (secondary N) is 1. The predicted octanol–water partition coefficient (Wildman–Crippen LogP) is 0.0141. The zero-order chi connectivity index (χ0) is 18.1. The third-order valence-electron chi connectivity index (χ3n) is 3.94. The van der Waals surface area contributed by atoms with Gasteiger partial charge in [0, 0.05) is 26.6 Å². The summed E-state index contributed by atoms with van der Waals surface area (Å²) in [6, 6.07) is 0. The van der Waals surface area contributed by atoms with Crippen molar-refractivity contribution in [1.29, 1.82) is 0 Å². The van der Waals surface area contributed by atoms with Crippen molar-refractivity contribution >= 4 is 34.5 Å². The Balaban J connectivity index is 2.04. The number of aromatic nitrogens is 2. The van der Waals surface area contributed by atoms with Crippen LogP contribution in [0, 0.1) is 0 Å². The molecule has 9 nitrogen and oxygen atoms in total. The van der Waals surface area contributed by atoms with Crippen molar-refractivity contribution in [3.05, 3.63) is 20.6 Å². The van der Waals surface area contributed by atoms with Crippen molar-refractivity contribution in [2.24, 2.45) is 4.99 Å². The fourth-order valence-corrected chi connectivity index (χ4v) is 3.83. The topological polar surface area (TPSA) is 120 Å². The molecule has 1 fully saturated rings. The molecule has 0 radical (unpaired) electrons. The number of thiophene rings is 1. The van der Waals surface area contributed by atoms with E-state index in [4.69, 9.17) is 9.47 Å². The average Bonchev–Trinajstić information content (AvgIpc) is 3.13. The van der Waals surface area contributed by atoms with E-state index in [0.29, 0.717) is 15.8 Å². The van der Waals surface area contributed by atoms with Gasteiger partial charge in [0.2, 0.25) is 5.95 Å². The van der Waals surface area contributed by atoms with E-state index in [-0.39, 0.29) is 18.1 Å². The zero-order valence-electron chi connectivity index (χ0n) is 14.0. The lowest BCUT2D eigenvalue weighted by Gasteiger charge is -2.16. The van der Waals surface area contributed by atoms with Gasteiger partial charge in [0.25, 0.3) is 5.56 Å². The van der Waals surface area contributed by atoms with Gasteiger partial charge in [0.15, 0.2) is 0 Å². The lowest BCUT2D eigenvalue weighted by Crippen LogP contribution is -2.34. The van der Waals surface area contributed by atoms with Gasteiger partial charge in [-0.2, -0.15) is 0 Å². The first kappa shape index (κ1) is 18.0. The van der Waals surface area contributed by atoms with Gasteiger partial charge >= 0.3 is 0 Å². The van der Waals surface area contributed by atoms with Crippen molar-refractivity contribution in [3.8, 4) is 0 Å². The summed E-state index contributed by atoms with van der Waals surface area (Å²) in [6.45, 7) is -0.276. The van der Waals surface area contributed by atoms with E-state index in [2.05, 4.69) is 15.0 Å². The van der Waals surface area contributed by atoms with Crippen molar-refractivity contribution in [1.82, 2.24) is 14.9 Å². The number of hydrogen-bond donors (Lipinski definition) is 3. The van der Waals surface area contributed by atoms with Crippen molar-refractivity contribution in [3.63, 3.8) is 0 Å². The van der Waals surface area contributed by atoms with Gasteiger partial charge < -0.3 is 24.6 Å². The highest BCUT2D eigenvalue weighted by Crippen LogP contribution is 2.40. The molecule has 0 aliphatic carbocycles. The molecule has 1 aliphatic rings. The molecule has 0 unspecified atom stereocenters. The van der Waals surface area contributed by atoms with Crippen molar-refractivity contribution in [2.45, 2.75) is 24.4 Å². The van der Waals surface area contributed by atoms with Crippen LogP contribution in [0.3, 0.4) is 0 Å². The normalized spacial score (nSPS) is 26.8. The lowest BCUT2D eigenvalue weighted by molar-refractivity contribution is -0.0358. The average molecular weight is 368 g/mol. The molecule has 0 bridgehead atoms. The van der Waals surface area contributed by atoms with Gasteiger partial charge in [-0.1, -0.05) is 0 Å². The van der Waals surface area contributed by atoms with E-state index < -0.39 is 24.4 Å². The number of fused-ring (bicyclic) bond motifs is 1. The molecule has 0 amide bonds. The highest BCUT2D eigenvalue weighted by molar-refractivity contribution is 7.11. The first-order valence-electron chi connectivity index (χ1n) is 7.65. The first-order valence-corrected chi connectivity index (χ1v) is 8.53. The molecule has 0 spiro atoms. The second-order valence-corrected chi connectivity index (χ2v) is 6.84. The first-order chi connectivity index (χ1) is 12.0. The molecule has 2 aromatic heterocycles. The summed E-state index contributed by atoms with van der Waals surface area (Å²) in [5.41, 5.74) is 0.116. The molecule has 3 N–H and O–H groups in total. The number of hydrogen-bond acceptors (Lipinski definition) is 8. The lowest BCUT2D eigenvalue weighted by atomic mass is 10.1. The van der Waals surface area contributed by atoms with Crippen LogP contribution in [-0.2, 0) is 9.47 Å². The molecule has 4 atom stereocenters. The summed E-state index contributed by atoms with van der Waals surface area (Å²) in [5, 5.41) is 22.0. The van der Waals surface area contributed by atoms with Gasteiger partial charge in [-0.25, -0.2) is 9.98 Å². The number of H-pyrrole nitrogens is 1. The zero-order valence-corrected chi connectivity index (χ0v) is 14.9. The predicted molar refractivity (Wildman–Crippen MR) is 93.6 cm³/mol. The standard InChI is InChI=1S/C15H20N4O5S/c1-19(2)6-16-15-17-9-7(14(22)18-15)5-25-13(9)12-10(21)11(23-3)8(4-20)24-12/h5-6,8,10-12,20-21H,4H2,1-3H3,(H,17,18,22)/b16-6+/t8-,10-,11-,12-/m1/s1. The smallest absolute Gasteiger partial charge is 0.261 e. The Morgan fingerprint density at radius 2 is 2.32 bits per heavy atom. The Kier molecular flexibility index (Phi) is 5.16. The van der Waals surface area contributed by atoms with Crippen LogP contribution >= 0.6 is 11.3 Å². The minimum absolute atomic E-state index is 0.167. The third kappa shape index (κ3) is 3.31. The van der Waals surface area contributed by atoms with Crippen LogP contribution in [0.5, 0.6) is 0 Å². The minimum atomic E-state index is -0.973. The fourth-order valence-electron chi connectivity index (χ4n) is 2.77. The number of nitrogens with zero attached hydrogens (tertiary/aromatic N) is 3. The number of aliphatic hydroxyl groups excluding tert-OH is 2. The molecular weight excluding hydrogens is 348 g/mol. The summed E-state index contributed by atoms with van der Waals surface area (Å²) < 4.78 is 11.0. The molecule has 3 heterocycles. The molecule has 2 aromatic rings. The molecule has 1 aliphatic heterocycles. The van der Waals surface area contributed by atoms with Crippen LogP contribution in [0.2, 0.25) is 0 Å². The highest BCUT2D eigenvalue weighted by Gasteiger charge is 2.45. The van der Waals surface area contributed by atoms with E-state index in [1.165, 1.54) is 24.8 Å². The Morgan fingerprint density at radius 1 is 1.56 bits per heavy atom. The largest absolute Gasteiger partial charge is 0.394 e. The minimum Gasteiger partial charge on any atom is -0.394 e. The molecule has 1 saturated heterocycles. The van der Waals surface area contributed by atoms with E-state index in [9.17, 15) is 15.0 Å². The maximum Gasteiger partial charge on any atom is 0.261 e.